The van der Waals surface area contributed by atoms with Crippen molar-refractivity contribution in [1.29, 1.82) is 0 Å². The zero-order chi connectivity index (χ0) is 9.68. The summed E-state index contributed by atoms with van der Waals surface area (Å²) in [5.74, 6) is 1.34. The molecular formula is C9H16O3S. The lowest BCUT2D eigenvalue weighted by atomic mass is 9.93. The molecule has 0 aromatic heterocycles. The third-order valence-electron chi connectivity index (χ3n) is 2.44. The summed E-state index contributed by atoms with van der Waals surface area (Å²) < 4.78 is 0. The van der Waals surface area contributed by atoms with E-state index in [4.69, 9.17) is 10.2 Å². The number of carbonyl (C=O) groups is 1. The molecule has 0 aromatic rings. The van der Waals surface area contributed by atoms with E-state index in [1.165, 1.54) is 12.2 Å². The molecule has 0 saturated carbocycles. The van der Waals surface area contributed by atoms with Gasteiger partial charge in [0.2, 0.25) is 0 Å². The first-order valence-electron chi connectivity index (χ1n) is 4.65. The molecule has 3 nitrogen and oxygen atoms in total. The summed E-state index contributed by atoms with van der Waals surface area (Å²) in [6, 6.07) is 0. The number of carboxylic acid groups (broad SMARTS) is 1. The Morgan fingerprint density at radius 3 is 2.85 bits per heavy atom. The Balaban J connectivity index is 2.31. The van der Waals surface area contributed by atoms with Gasteiger partial charge < -0.3 is 10.2 Å². The average molecular weight is 204 g/mol. The average Bonchev–Trinajstić information content (AvgIpc) is 2.15. The Hall–Kier alpha value is -0.220. The first-order chi connectivity index (χ1) is 6.24. The standard InChI is InChI=1S/C9H16O3S/c10-5-8(9(11)12)4-7-2-1-3-13-6-7/h7-8,10H,1-6H2,(H,11,12). The maximum atomic E-state index is 10.6. The zero-order valence-corrected chi connectivity index (χ0v) is 8.42. The van der Waals surface area contributed by atoms with Gasteiger partial charge in [0, 0.05) is 0 Å². The van der Waals surface area contributed by atoms with Crippen LogP contribution in [0.3, 0.4) is 0 Å². The van der Waals surface area contributed by atoms with Gasteiger partial charge in [-0.1, -0.05) is 0 Å². The molecule has 0 amide bonds. The van der Waals surface area contributed by atoms with Crippen LogP contribution in [0.2, 0.25) is 0 Å². The molecule has 1 aliphatic rings. The molecule has 0 aromatic carbocycles. The molecule has 1 saturated heterocycles. The third kappa shape index (κ3) is 3.56. The summed E-state index contributed by atoms with van der Waals surface area (Å²) in [5, 5.41) is 17.6. The van der Waals surface area contributed by atoms with Crippen LogP contribution >= 0.6 is 11.8 Å². The van der Waals surface area contributed by atoms with Gasteiger partial charge >= 0.3 is 5.97 Å². The van der Waals surface area contributed by atoms with Gasteiger partial charge in [0.05, 0.1) is 12.5 Å². The van der Waals surface area contributed by atoms with Crippen molar-refractivity contribution in [1.82, 2.24) is 0 Å². The van der Waals surface area contributed by atoms with E-state index in [1.807, 2.05) is 11.8 Å². The van der Waals surface area contributed by atoms with Gasteiger partial charge in [-0.25, -0.2) is 0 Å². The van der Waals surface area contributed by atoms with Crippen molar-refractivity contribution in [3.63, 3.8) is 0 Å². The smallest absolute Gasteiger partial charge is 0.308 e. The molecule has 1 aliphatic heterocycles. The van der Waals surface area contributed by atoms with Crippen LogP contribution in [0.15, 0.2) is 0 Å². The van der Waals surface area contributed by atoms with E-state index in [1.54, 1.807) is 0 Å². The SMILES string of the molecule is O=C(O)C(CO)CC1CCCSC1. The van der Waals surface area contributed by atoms with Gasteiger partial charge in [-0.2, -0.15) is 11.8 Å². The Kier molecular flexibility index (Phi) is 4.59. The van der Waals surface area contributed by atoms with Crippen molar-refractivity contribution in [3.8, 4) is 0 Å². The van der Waals surface area contributed by atoms with E-state index in [2.05, 4.69) is 0 Å². The summed E-state index contributed by atoms with van der Waals surface area (Å²) in [5.41, 5.74) is 0. The Labute approximate surface area is 82.5 Å². The van der Waals surface area contributed by atoms with E-state index < -0.39 is 11.9 Å². The van der Waals surface area contributed by atoms with Gasteiger partial charge in [-0.15, -0.1) is 0 Å². The van der Waals surface area contributed by atoms with Crippen LogP contribution in [0, 0.1) is 11.8 Å². The molecule has 0 bridgehead atoms. The molecule has 4 heteroatoms. The lowest BCUT2D eigenvalue weighted by Gasteiger charge is -2.23. The fraction of sp³-hybridized carbons (Fsp3) is 0.889. The second-order valence-electron chi connectivity index (χ2n) is 3.54. The fourth-order valence-corrected chi connectivity index (χ4v) is 2.82. The number of aliphatic hydroxyl groups excluding tert-OH is 1. The zero-order valence-electron chi connectivity index (χ0n) is 7.61. The Morgan fingerprint density at radius 1 is 1.62 bits per heavy atom. The number of thioether (sulfide) groups is 1. The fourth-order valence-electron chi connectivity index (χ4n) is 1.65. The van der Waals surface area contributed by atoms with Gasteiger partial charge in [0.15, 0.2) is 0 Å². The summed E-state index contributed by atoms with van der Waals surface area (Å²) in [6.07, 6.45) is 2.95. The first kappa shape index (κ1) is 10.9. The van der Waals surface area contributed by atoms with Crippen molar-refractivity contribution >= 4 is 17.7 Å². The lowest BCUT2D eigenvalue weighted by molar-refractivity contribution is -0.143. The molecule has 1 fully saturated rings. The second-order valence-corrected chi connectivity index (χ2v) is 4.69. The van der Waals surface area contributed by atoms with Crippen LogP contribution in [-0.4, -0.2) is 34.3 Å². The number of hydrogen-bond donors (Lipinski definition) is 2. The van der Waals surface area contributed by atoms with E-state index in [-0.39, 0.29) is 6.61 Å². The number of hydrogen-bond acceptors (Lipinski definition) is 3. The molecule has 0 radical (unpaired) electrons. The summed E-state index contributed by atoms with van der Waals surface area (Å²) in [4.78, 5) is 10.6. The number of aliphatic carboxylic acids is 1. The summed E-state index contributed by atoms with van der Waals surface area (Å²) >= 11 is 1.89. The highest BCUT2D eigenvalue weighted by molar-refractivity contribution is 7.99. The normalized spacial score (nSPS) is 25.5. The first-order valence-corrected chi connectivity index (χ1v) is 5.81. The van der Waals surface area contributed by atoms with Gasteiger partial charge in [-0.05, 0) is 36.7 Å². The predicted octanol–water partition coefficient (Wildman–Crippen LogP) is 1.21. The highest BCUT2D eigenvalue weighted by atomic mass is 32.2. The molecule has 0 spiro atoms. The molecule has 1 rings (SSSR count). The van der Waals surface area contributed by atoms with Crippen LogP contribution in [0.5, 0.6) is 0 Å². The van der Waals surface area contributed by atoms with Gasteiger partial charge in [-0.3, -0.25) is 4.79 Å². The van der Waals surface area contributed by atoms with E-state index in [9.17, 15) is 4.79 Å². The molecule has 2 atom stereocenters. The third-order valence-corrected chi connectivity index (χ3v) is 3.73. The minimum Gasteiger partial charge on any atom is -0.481 e. The summed E-state index contributed by atoms with van der Waals surface area (Å²) in [6.45, 7) is -0.226. The molecule has 0 aliphatic carbocycles. The van der Waals surface area contributed by atoms with Crippen LogP contribution in [0.1, 0.15) is 19.3 Å². The monoisotopic (exact) mass is 204 g/mol. The van der Waals surface area contributed by atoms with Crippen LogP contribution < -0.4 is 0 Å². The van der Waals surface area contributed by atoms with Gasteiger partial charge in [0.25, 0.3) is 0 Å². The van der Waals surface area contributed by atoms with Crippen molar-refractivity contribution in [2.45, 2.75) is 19.3 Å². The van der Waals surface area contributed by atoms with Crippen molar-refractivity contribution < 1.29 is 15.0 Å². The highest BCUT2D eigenvalue weighted by Gasteiger charge is 2.23. The Bertz CT molecular complexity index is 166. The number of carboxylic acids is 1. The predicted molar refractivity (Wildman–Crippen MR) is 52.9 cm³/mol. The molecule has 2 unspecified atom stereocenters. The Morgan fingerprint density at radius 2 is 2.38 bits per heavy atom. The molecular weight excluding hydrogens is 188 g/mol. The van der Waals surface area contributed by atoms with Crippen molar-refractivity contribution in [3.05, 3.63) is 0 Å². The summed E-state index contributed by atoms with van der Waals surface area (Å²) in [7, 11) is 0. The maximum absolute atomic E-state index is 10.6. The maximum Gasteiger partial charge on any atom is 0.308 e. The second kappa shape index (κ2) is 5.50. The number of aliphatic hydroxyl groups is 1. The lowest BCUT2D eigenvalue weighted by Crippen LogP contribution is -2.23. The molecule has 76 valence electrons. The molecule has 1 heterocycles. The van der Waals surface area contributed by atoms with E-state index in [0.717, 1.165) is 12.2 Å². The van der Waals surface area contributed by atoms with Crippen molar-refractivity contribution in [2.24, 2.45) is 11.8 Å². The van der Waals surface area contributed by atoms with E-state index >= 15 is 0 Å². The van der Waals surface area contributed by atoms with Crippen LogP contribution in [0.25, 0.3) is 0 Å². The molecule has 13 heavy (non-hydrogen) atoms. The van der Waals surface area contributed by atoms with Crippen molar-refractivity contribution in [2.75, 3.05) is 18.1 Å². The van der Waals surface area contributed by atoms with Gasteiger partial charge in [0.1, 0.15) is 0 Å². The van der Waals surface area contributed by atoms with E-state index in [0.29, 0.717) is 12.3 Å². The van der Waals surface area contributed by atoms with Crippen LogP contribution in [-0.2, 0) is 4.79 Å². The minimum atomic E-state index is -0.863. The minimum absolute atomic E-state index is 0.226. The number of rotatable bonds is 4. The molecule has 2 N–H and O–H groups in total. The highest BCUT2D eigenvalue weighted by Crippen LogP contribution is 2.27. The topological polar surface area (TPSA) is 57.5 Å². The largest absolute Gasteiger partial charge is 0.481 e. The quantitative estimate of drug-likeness (QED) is 0.722. The van der Waals surface area contributed by atoms with Crippen LogP contribution in [0.4, 0.5) is 0 Å².